The number of hydrogen-bond acceptors (Lipinski definition) is 4. The highest BCUT2D eigenvalue weighted by atomic mass is 16.7. The van der Waals surface area contributed by atoms with Crippen LogP contribution in [0, 0.1) is 0 Å². The number of hydrogen-bond donors (Lipinski definition) is 2. The summed E-state index contributed by atoms with van der Waals surface area (Å²) in [7, 11) is 0. The van der Waals surface area contributed by atoms with E-state index in [1.165, 1.54) is 5.06 Å². The minimum absolute atomic E-state index is 0.118. The van der Waals surface area contributed by atoms with Crippen molar-refractivity contribution in [2.45, 2.75) is 19.1 Å². The van der Waals surface area contributed by atoms with Crippen molar-refractivity contribution in [3.8, 4) is 0 Å². The monoisotopic (exact) mass is 274 g/mol. The third-order valence-corrected chi connectivity index (χ3v) is 3.73. The largest absolute Gasteiger partial charge is 0.387 e. The number of benzene rings is 1. The zero-order valence-corrected chi connectivity index (χ0v) is 11.2. The fourth-order valence-corrected chi connectivity index (χ4v) is 2.54. The molecule has 1 amide bonds. The van der Waals surface area contributed by atoms with E-state index in [9.17, 15) is 9.90 Å². The van der Waals surface area contributed by atoms with Crippen LogP contribution in [0.2, 0.25) is 0 Å². The van der Waals surface area contributed by atoms with Crippen LogP contribution in [0.5, 0.6) is 0 Å². The van der Waals surface area contributed by atoms with Gasteiger partial charge in [-0.15, -0.1) is 0 Å². The first-order chi connectivity index (χ1) is 9.75. The van der Waals surface area contributed by atoms with Gasteiger partial charge in [0, 0.05) is 12.1 Å². The topological polar surface area (TPSA) is 61.8 Å². The Morgan fingerprint density at radius 3 is 3.15 bits per heavy atom. The van der Waals surface area contributed by atoms with Gasteiger partial charge in [-0.2, -0.15) is 0 Å². The summed E-state index contributed by atoms with van der Waals surface area (Å²) in [5, 5.41) is 14.3. The lowest BCUT2D eigenvalue weighted by molar-refractivity contribution is -0.133. The number of aliphatic hydroxyl groups excluding tert-OH is 1. The maximum Gasteiger partial charge on any atom is 0.278 e. The lowest BCUT2D eigenvalue weighted by atomic mass is 10.0. The number of rotatable bonds is 2. The van der Waals surface area contributed by atoms with Crippen LogP contribution in [0.1, 0.15) is 22.3 Å². The normalized spacial score (nSPS) is 24.9. The zero-order chi connectivity index (χ0) is 13.9. The Balaban J connectivity index is 1.70. The Morgan fingerprint density at radius 2 is 2.30 bits per heavy atom. The number of nitrogens with one attached hydrogen (secondary N) is 1. The quantitative estimate of drug-likeness (QED) is 0.785. The van der Waals surface area contributed by atoms with Crippen molar-refractivity contribution in [2.75, 3.05) is 19.6 Å². The maximum absolute atomic E-state index is 12.3. The summed E-state index contributed by atoms with van der Waals surface area (Å²) in [5.74, 6) is -0.118. The Hall–Kier alpha value is -1.69. The summed E-state index contributed by atoms with van der Waals surface area (Å²) in [6.07, 6.45) is 2.24. The van der Waals surface area contributed by atoms with Crippen molar-refractivity contribution in [1.82, 2.24) is 10.4 Å². The summed E-state index contributed by atoms with van der Waals surface area (Å²) in [4.78, 5) is 17.8. The molecule has 0 aliphatic carbocycles. The number of aliphatic hydroxyl groups is 1. The van der Waals surface area contributed by atoms with E-state index in [1.807, 2.05) is 30.3 Å². The van der Waals surface area contributed by atoms with Gasteiger partial charge in [0.25, 0.3) is 5.91 Å². The highest BCUT2D eigenvalue weighted by molar-refractivity contribution is 5.95. The average Bonchev–Trinajstić information content (AvgIpc) is 2.48. The molecule has 2 aliphatic heterocycles. The van der Waals surface area contributed by atoms with E-state index >= 15 is 0 Å². The van der Waals surface area contributed by atoms with Crippen molar-refractivity contribution in [3.05, 3.63) is 47.0 Å². The number of β-amino-alcohol motifs (C(OH)–C–C–N with tert-alkyl or cyclic N) is 1. The molecular weight excluding hydrogens is 256 g/mol. The highest BCUT2D eigenvalue weighted by Crippen LogP contribution is 2.20. The van der Waals surface area contributed by atoms with Crippen molar-refractivity contribution in [1.29, 1.82) is 0 Å². The number of fused-ring (bicyclic) bond motifs is 1. The van der Waals surface area contributed by atoms with Crippen molar-refractivity contribution in [3.63, 3.8) is 0 Å². The smallest absolute Gasteiger partial charge is 0.278 e. The molecule has 0 radical (unpaired) electrons. The molecule has 2 heterocycles. The van der Waals surface area contributed by atoms with E-state index in [0.717, 1.165) is 24.1 Å². The van der Waals surface area contributed by atoms with Gasteiger partial charge in [-0.05, 0) is 30.2 Å². The molecule has 1 aromatic rings. The average molecular weight is 274 g/mol. The molecule has 5 heteroatoms. The number of piperidine rings is 1. The molecule has 0 aromatic heterocycles. The van der Waals surface area contributed by atoms with Crippen LogP contribution in [0.15, 0.2) is 35.9 Å². The van der Waals surface area contributed by atoms with Crippen LogP contribution >= 0.6 is 0 Å². The van der Waals surface area contributed by atoms with Crippen LogP contribution in [-0.2, 0) is 11.4 Å². The van der Waals surface area contributed by atoms with E-state index in [1.54, 1.807) is 0 Å². The molecular formula is C15H18N2O3. The molecule has 0 bridgehead atoms. The lowest BCUT2D eigenvalue weighted by Gasteiger charge is -2.28. The molecule has 20 heavy (non-hydrogen) atoms. The second-order valence-corrected chi connectivity index (χ2v) is 5.05. The number of carbonyl (C=O) groups excluding carboxylic acids is 1. The summed E-state index contributed by atoms with van der Waals surface area (Å²) in [6.45, 7) is 2.22. The molecule has 3 rings (SSSR count). The second kappa shape index (κ2) is 5.75. The summed E-state index contributed by atoms with van der Waals surface area (Å²) in [5.41, 5.74) is 2.59. The molecule has 1 fully saturated rings. The van der Waals surface area contributed by atoms with Crippen LogP contribution in [0.25, 0.3) is 0 Å². The fraction of sp³-hybridized carbons (Fsp3) is 0.400. The van der Waals surface area contributed by atoms with E-state index in [0.29, 0.717) is 25.3 Å². The number of hydroxylamine groups is 2. The van der Waals surface area contributed by atoms with E-state index < -0.39 is 6.10 Å². The van der Waals surface area contributed by atoms with Crippen molar-refractivity contribution >= 4 is 5.91 Å². The van der Waals surface area contributed by atoms with Gasteiger partial charge in [0.1, 0.15) is 6.61 Å². The first-order valence-corrected chi connectivity index (χ1v) is 6.86. The van der Waals surface area contributed by atoms with Crippen LogP contribution in [-0.4, -0.2) is 41.8 Å². The molecule has 0 saturated carbocycles. The summed E-state index contributed by atoms with van der Waals surface area (Å²) >= 11 is 0. The minimum Gasteiger partial charge on any atom is -0.387 e. The number of carbonyl (C=O) groups is 1. The Morgan fingerprint density at radius 1 is 1.45 bits per heavy atom. The first kappa shape index (κ1) is 13.3. The van der Waals surface area contributed by atoms with Gasteiger partial charge >= 0.3 is 0 Å². The Bertz CT molecular complexity index is 542. The van der Waals surface area contributed by atoms with E-state index in [4.69, 9.17) is 4.84 Å². The summed E-state index contributed by atoms with van der Waals surface area (Å²) in [6, 6.07) is 7.48. The van der Waals surface area contributed by atoms with Gasteiger partial charge in [0.05, 0.1) is 12.6 Å². The van der Waals surface area contributed by atoms with Crippen molar-refractivity contribution < 1.29 is 14.7 Å². The van der Waals surface area contributed by atoms with Crippen molar-refractivity contribution in [2.24, 2.45) is 0 Å². The Labute approximate surface area is 117 Å². The molecule has 1 atom stereocenters. The second-order valence-electron chi connectivity index (χ2n) is 5.05. The highest BCUT2D eigenvalue weighted by Gasteiger charge is 2.24. The van der Waals surface area contributed by atoms with E-state index in [2.05, 4.69) is 5.32 Å². The SMILES string of the molecule is O=C1c2ccccc2CON1C/C=C1\CCNCC1O. The molecule has 2 N–H and O–H groups in total. The minimum atomic E-state index is -0.462. The number of nitrogens with zero attached hydrogens (tertiary/aromatic N) is 1. The molecule has 5 nitrogen and oxygen atoms in total. The molecule has 1 aromatic carbocycles. The molecule has 2 aliphatic rings. The van der Waals surface area contributed by atoms with Crippen LogP contribution < -0.4 is 5.32 Å². The van der Waals surface area contributed by atoms with Gasteiger partial charge in [0.2, 0.25) is 0 Å². The van der Waals surface area contributed by atoms with Gasteiger partial charge < -0.3 is 10.4 Å². The van der Waals surface area contributed by atoms with E-state index in [-0.39, 0.29) is 5.91 Å². The van der Waals surface area contributed by atoms with Gasteiger partial charge in [-0.25, -0.2) is 5.06 Å². The van der Waals surface area contributed by atoms with Gasteiger partial charge in [0.15, 0.2) is 0 Å². The van der Waals surface area contributed by atoms with Crippen LogP contribution in [0.4, 0.5) is 0 Å². The van der Waals surface area contributed by atoms with Gasteiger partial charge in [-0.3, -0.25) is 9.63 Å². The molecule has 1 saturated heterocycles. The molecule has 0 spiro atoms. The number of amides is 1. The van der Waals surface area contributed by atoms with Gasteiger partial charge in [-0.1, -0.05) is 24.3 Å². The molecule has 1 unspecified atom stereocenters. The van der Waals surface area contributed by atoms with Crippen LogP contribution in [0.3, 0.4) is 0 Å². The predicted molar refractivity (Wildman–Crippen MR) is 73.8 cm³/mol. The fourth-order valence-electron chi connectivity index (χ4n) is 2.54. The third-order valence-electron chi connectivity index (χ3n) is 3.73. The summed E-state index contributed by atoms with van der Waals surface area (Å²) < 4.78 is 0. The Kier molecular flexibility index (Phi) is 3.82. The zero-order valence-electron chi connectivity index (χ0n) is 11.2. The maximum atomic E-state index is 12.3. The molecule has 106 valence electrons. The predicted octanol–water partition coefficient (Wildman–Crippen LogP) is 0.855. The first-order valence-electron chi connectivity index (χ1n) is 6.86. The standard InChI is InChI=1S/C15H18N2O3/c18-14-9-16-7-5-11(14)6-8-17-15(19)13-4-2-1-3-12(13)10-20-17/h1-4,6,14,16,18H,5,7-10H2/b11-6+. The third kappa shape index (κ3) is 2.60. The lowest BCUT2D eigenvalue weighted by Crippen LogP contribution is -2.38.